The molecule has 1 aliphatic carbocycles. The summed E-state index contributed by atoms with van der Waals surface area (Å²) < 4.78 is 0. The predicted molar refractivity (Wildman–Crippen MR) is 58.7 cm³/mol. The van der Waals surface area contributed by atoms with Crippen molar-refractivity contribution in [1.82, 2.24) is 15.5 Å². The number of aromatic nitrogens is 2. The SMILES string of the molecule is Cc1cc(CNC2CCCC2)c(=O)[nH]n1. The number of aromatic amines is 1. The Balaban J connectivity index is 1.97. The van der Waals surface area contributed by atoms with Gasteiger partial charge >= 0.3 is 0 Å². The van der Waals surface area contributed by atoms with E-state index in [-0.39, 0.29) is 5.56 Å². The molecule has 82 valence electrons. The molecular weight excluding hydrogens is 190 g/mol. The molecule has 0 bridgehead atoms. The Kier molecular flexibility index (Phi) is 3.16. The van der Waals surface area contributed by atoms with Gasteiger partial charge in [0.05, 0.1) is 5.69 Å². The molecule has 0 unspecified atom stereocenters. The van der Waals surface area contributed by atoms with E-state index in [1.54, 1.807) is 0 Å². The van der Waals surface area contributed by atoms with Crippen LogP contribution in [0.15, 0.2) is 10.9 Å². The minimum Gasteiger partial charge on any atom is -0.310 e. The van der Waals surface area contributed by atoms with Gasteiger partial charge in [0.15, 0.2) is 0 Å². The standard InChI is InChI=1S/C11H17N3O/c1-8-6-9(11(15)14-13-8)7-12-10-4-2-3-5-10/h6,10,12H,2-5,7H2,1H3,(H,14,15). The predicted octanol–water partition coefficient (Wildman–Crippen LogP) is 1.11. The van der Waals surface area contributed by atoms with Crippen molar-refractivity contribution in [2.24, 2.45) is 0 Å². The van der Waals surface area contributed by atoms with Gasteiger partial charge in [-0.3, -0.25) is 4.79 Å². The van der Waals surface area contributed by atoms with E-state index in [1.165, 1.54) is 25.7 Å². The lowest BCUT2D eigenvalue weighted by Crippen LogP contribution is -2.29. The second-order valence-electron chi connectivity index (χ2n) is 4.23. The second-order valence-corrected chi connectivity index (χ2v) is 4.23. The highest BCUT2D eigenvalue weighted by atomic mass is 16.1. The van der Waals surface area contributed by atoms with E-state index in [0.29, 0.717) is 12.6 Å². The highest BCUT2D eigenvalue weighted by Gasteiger charge is 2.14. The van der Waals surface area contributed by atoms with Crippen molar-refractivity contribution < 1.29 is 0 Å². The van der Waals surface area contributed by atoms with Crippen LogP contribution in [0.25, 0.3) is 0 Å². The summed E-state index contributed by atoms with van der Waals surface area (Å²) in [4.78, 5) is 11.4. The van der Waals surface area contributed by atoms with Gasteiger partial charge in [-0.2, -0.15) is 5.10 Å². The van der Waals surface area contributed by atoms with Gasteiger partial charge in [0.1, 0.15) is 0 Å². The zero-order valence-electron chi connectivity index (χ0n) is 9.05. The minimum atomic E-state index is -0.0777. The van der Waals surface area contributed by atoms with Gasteiger partial charge in [0, 0.05) is 18.2 Å². The van der Waals surface area contributed by atoms with Crippen molar-refractivity contribution in [2.75, 3.05) is 0 Å². The summed E-state index contributed by atoms with van der Waals surface area (Å²) in [6, 6.07) is 2.44. The molecule has 0 atom stereocenters. The molecule has 0 saturated heterocycles. The van der Waals surface area contributed by atoms with Gasteiger partial charge < -0.3 is 5.32 Å². The topological polar surface area (TPSA) is 57.8 Å². The van der Waals surface area contributed by atoms with Gasteiger partial charge in [-0.05, 0) is 25.8 Å². The fourth-order valence-electron chi connectivity index (χ4n) is 2.08. The smallest absolute Gasteiger partial charge is 0.268 e. The molecule has 0 amide bonds. The van der Waals surface area contributed by atoms with Gasteiger partial charge in [-0.1, -0.05) is 12.8 Å². The summed E-state index contributed by atoms with van der Waals surface area (Å²) in [5, 5.41) is 9.77. The van der Waals surface area contributed by atoms with E-state index >= 15 is 0 Å². The Bertz CT molecular complexity index is 380. The minimum absolute atomic E-state index is 0.0777. The summed E-state index contributed by atoms with van der Waals surface area (Å²) in [7, 11) is 0. The lowest BCUT2D eigenvalue weighted by atomic mass is 10.2. The van der Waals surface area contributed by atoms with Crippen LogP contribution in [0, 0.1) is 6.92 Å². The first-order valence-corrected chi connectivity index (χ1v) is 5.54. The monoisotopic (exact) mass is 207 g/mol. The molecule has 1 aromatic heterocycles. The molecule has 0 aromatic carbocycles. The zero-order chi connectivity index (χ0) is 10.7. The molecule has 1 saturated carbocycles. The van der Waals surface area contributed by atoms with Gasteiger partial charge in [-0.15, -0.1) is 0 Å². The van der Waals surface area contributed by atoms with Crippen LogP contribution < -0.4 is 10.9 Å². The molecule has 1 heterocycles. The third-order valence-electron chi connectivity index (χ3n) is 2.94. The molecule has 2 rings (SSSR count). The molecule has 1 fully saturated rings. The summed E-state index contributed by atoms with van der Waals surface area (Å²) in [6.07, 6.45) is 5.09. The molecule has 0 aliphatic heterocycles. The average molecular weight is 207 g/mol. The zero-order valence-corrected chi connectivity index (χ0v) is 9.05. The quantitative estimate of drug-likeness (QED) is 0.780. The fraction of sp³-hybridized carbons (Fsp3) is 0.636. The largest absolute Gasteiger partial charge is 0.310 e. The van der Waals surface area contributed by atoms with E-state index < -0.39 is 0 Å². The Labute approximate surface area is 89.1 Å². The molecule has 4 nitrogen and oxygen atoms in total. The Morgan fingerprint density at radius 2 is 2.27 bits per heavy atom. The van der Waals surface area contributed by atoms with Crippen LogP contribution in [0.2, 0.25) is 0 Å². The maximum absolute atomic E-state index is 11.4. The van der Waals surface area contributed by atoms with Crippen LogP contribution in [0.1, 0.15) is 36.9 Å². The molecule has 0 spiro atoms. The number of H-pyrrole nitrogens is 1. The number of nitrogens with zero attached hydrogens (tertiary/aromatic N) is 1. The summed E-state index contributed by atoms with van der Waals surface area (Å²) in [5.41, 5.74) is 1.57. The van der Waals surface area contributed by atoms with Gasteiger partial charge in [0.25, 0.3) is 5.56 Å². The number of aryl methyl sites for hydroxylation is 1. The maximum Gasteiger partial charge on any atom is 0.268 e. The van der Waals surface area contributed by atoms with Gasteiger partial charge in [-0.25, -0.2) is 5.10 Å². The first kappa shape index (κ1) is 10.4. The Hall–Kier alpha value is -1.16. The van der Waals surface area contributed by atoms with Crippen molar-refractivity contribution >= 4 is 0 Å². The first-order valence-electron chi connectivity index (χ1n) is 5.54. The first-order chi connectivity index (χ1) is 7.25. The third kappa shape index (κ3) is 2.65. The van der Waals surface area contributed by atoms with Crippen LogP contribution >= 0.6 is 0 Å². The molecule has 15 heavy (non-hydrogen) atoms. The van der Waals surface area contributed by atoms with Crippen LogP contribution in [0.4, 0.5) is 0 Å². The second kappa shape index (κ2) is 4.57. The number of hydrogen-bond acceptors (Lipinski definition) is 3. The normalized spacial score (nSPS) is 17.1. The highest BCUT2D eigenvalue weighted by molar-refractivity contribution is 5.11. The van der Waals surface area contributed by atoms with E-state index in [2.05, 4.69) is 15.5 Å². The molecule has 2 N–H and O–H groups in total. The molecular formula is C11H17N3O. The number of nitrogens with one attached hydrogen (secondary N) is 2. The Morgan fingerprint density at radius 1 is 1.53 bits per heavy atom. The van der Waals surface area contributed by atoms with E-state index in [0.717, 1.165) is 11.3 Å². The van der Waals surface area contributed by atoms with E-state index in [4.69, 9.17) is 0 Å². The van der Waals surface area contributed by atoms with Crippen molar-refractivity contribution in [3.05, 3.63) is 27.7 Å². The summed E-state index contributed by atoms with van der Waals surface area (Å²) in [5.74, 6) is 0. The van der Waals surface area contributed by atoms with E-state index in [1.807, 2.05) is 13.0 Å². The van der Waals surface area contributed by atoms with Crippen LogP contribution in [-0.2, 0) is 6.54 Å². The molecule has 0 radical (unpaired) electrons. The van der Waals surface area contributed by atoms with Crippen molar-refractivity contribution in [1.29, 1.82) is 0 Å². The van der Waals surface area contributed by atoms with Crippen molar-refractivity contribution in [3.8, 4) is 0 Å². The summed E-state index contributed by atoms with van der Waals surface area (Å²) >= 11 is 0. The van der Waals surface area contributed by atoms with Crippen molar-refractivity contribution in [2.45, 2.75) is 45.2 Å². The van der Waals surface area contributed by atoms with Gasteiger partial charge in [0.2, 0.25) is 0 Å². The Morgan fingerprint density at radius 3 is 3.00 bits per heavy atom. The average Bonchev–Trinajstić information content (AvgIpc) is 2.72. The number of rotatable bonds is 3. The highest BCUT2D eigenvalue weighted by Crippen LogP contribution is 2.17. The van der Waals surface area contributed by atoms with Crippen molar-refractivity contribution in [3.63, 3.8) is 0 Å². The fourth-order valence-corrected chi connectivity index (χ4v) is 2.08. The third-order valence-corrected chi connectivity index (χ3v) is 2.94. The van der Waals surface area contributed by atoms with E-state index in [9.17, 15) is 4.79 Å². The molecule has 4 heteroatoms. The van der Waals surface area contributed by atoms with Crippen LogP contribution in [-0.4, -0.2) is 16.2 Å². The summed E-state index contributed by atoms with van der Waals surface area (Å²) in [6.45, 7) is 2.54. The maximum atomic E-state index is 11.4. The molecule has 1 aromatic rings. The molecule has 1 aliphatic rings. The number of hydrogen-bond donors (Lipinski definition) is 2. The lowest BCUT2D eigenvalue weighted by molar-refractivity contribution is 0.521. The lowest BCUT2D eigenvalue weighted by Gasteiger charge is -2.10. The van der Waals surface area contributed by atoms with Crippen LogP contribution in [0.5, 0.6) is 0 Å². The van der Waals surface area contributed by atoms with Crippen LogP contribution in [0.3, 0.4) is 0 Å².